The molecule has 152 valence electrons. The molecule has 27 heavy (non-hydrogen) atoms. The van der Waals surface area contributed by atoms with E-state index in [1.54, 1.807) is 26.1 Å². The van der Waals surface area contributed by atoms with Gasteiger partial charge in [0.2, 0.25) is 0 Å². The average Bonchev–Trinajstić information content (AvgIpc) is 2.69. The van der Waals surface area contributed by atoms with Crippen LogP contribution in [0.2, 0.25) is 0 Å². The maximum Gasteiger partial charge on any atom is 0.338 e. The van der Waals surface area contributed by atoms with E-state index in [1.807, 2.05) is 12.1 Å². The van der Waals surface area contributed by atoms with Crippen LogP contribution in [-0.4, -0.2) is 56.2 Å². The fourth-order valence-electron chi connectivity index (χ4n) is 2.82. The monoisotopic (exact) mass is 376 g/mol. The minimum absolute atomic E-state index is 0.284. The number of guanidine groups is 1. The van der Waals surface area contributed by atoms with Crippen LogP contribution in [0.15, 0.2) is 29.3 Å². The molecule has 1 aromatic rings. The molecule has 1 aromatic carbocycles. The second-order valence-corrected chi connectivity index (χ2v) is 6.56. The minimum atomic E-state index is -0.284. The number of rotatable bonds is 11. The van der Waals surface area contributed by atoms with Crippen molar-refractivity contribution >= 4 is 11.9 Å². The number of nitrogens with zero attached hydrogens (tertiary/aromatic N) is 2. The third kappa shape index (κ3) is 8.91. The van der Waals surface area contributed by atoms with Crippen molar-refractivity contribution in [2.75, 3.05) is 33.3 Å². The molecule has 0 aliphatic heterocycles. The zero-order valence-corrected chi connectivity index (χ0v) is 17.5. The van der Waals surface area contributed by atoms with Gasteiger partial charge in [-0.05, 0) is 64.0 Å². The van der Waals surface area contributed by atoms with Gasteiger partial charge in [-0.25, -0.2) is 4.79 Å². The summed E-state index contributed by atoms with van der Waals surface area (Å²) in [6, 6.07) is 7.81. The van der Waals surface area contributed by atoms with Crippen LogP contribution in [0.5, 0.6) is 0 Å². The van der Waals surface area contributed by atoms with Crippen molar-refractivity contribution < 1.29 is 9.53 Å². The van der Waals surface area contributed by atoms with Crippen molar-refractivity contribution in [2.45, 2.75) is 53.1 Å². The molecule has 0 fully saturated rings. The summed E-state index contributed by atoms with van der Waals surface area (Å²) in [5.41, 5.74) is 1.66. The van der Waals surface area contributed by atoms with Crippen molar-refractivity contribution in [3.63, 3.8) is 0 Å². The second kappa shape index (κ2) is 13.1. The first-order valence-corrected chi connectivity index (χ1v) is 9.99. The van der Waals surface area contributed by atoms with Crippen LogP contribution in [0, 0.1) is 0 Å². The molecule has 0 saturated carbocycles. The Labute approximate surface area is 164 Å². The summed E-state index contributed by atoms with van der Waals surface area (Å²) in [7, 11) is 1.78. The lowest BCUT2D eigenvalue weighted by atomic mass is 10.1. The third-order valence-corrected chi connectivity index (χ3v) is 4.54. The molecule has 0 aliphatic carbocycles. The lowest BCUT2D eigenvalue weighted by Crippen LogP contribution is -2.42. The summed E-state index contributed by atoms with van der Waals surface area (Å²) in [5.74, 6) is 0.507. The Balaban J connectivity index is 2.40. The predicted molar refractivity (Wildman–Crippen MR) is 112 cm³/mol. The normalized spacial score (nSPS) is 12.7. The van der Waals surface area contributed by atoms with Crippen molar-refractivity contribution in [1.82, 2.24) is 15.5 Å². The standard InChI is InChI=1S/C21H36N4O2/c1-6-25(7-2)15-9-10-17(4)24-21(22-5)23-16-18-11-13-19(14-12-18)20(26)27-8-3/h11-14,17H,6-10,15-16H2,1-5H3,(H2,22,23,24). The smallest absolute Gasteiger partial charge is 0.338 e. The quantitative estimate of drug-likeness (QED) is 0.353. The van der Waals surface area contributed by atoms with Crippen molar-refractivity contribution in [2.24, 2.45) is 4.99 Å². The topological polar surface area (TPSA) is 66.0 Å². The van der Waals surface area contributed by atoms with E-state index >= 15 is 0 Å². The molecule has 0 saturated heterocycles. The molecule has 1 rings (SSSR count). The number of ether oxygens (including phenoxy) is 1. The van der Waals surface area contributed by atoms with Crippen LogP contribution >= 0.6 is 0 Å². The first-order chi connectivity index (χ1) is 13.0. The third-order valence-electron chi connectivity index (χ3n) is 4.54. The molecule has 2 N–H and O–H groups in total. The maximum atomic E-state index is 11.7. The van der Waals surface area contributed by atoms with Gasteiger partial charge >= 0.3 is 5.97 Å². The summed E-state index contributed by atoms with van der Waals surface area (Å²) < 4.78 is 5.00. The SMILES string of the molecule is CCOC(=O)c1ccc(CNC(=NC)NC(C)CCCN(CC)CC)cc1. The van der Waals surface area contributed by atoms with Gasteiger partial charge in [0.15, 0.2) is 5.96 Å². The minimum Gasteiger partial charge on any atom is -0.462 e. The van der Waals surface area contributed by atoms with Crippen molar-refractivity contribution in [3.8, 4) is 0 Å². The summed E-state index contributed by atoms with van der Waals surface area (Å²) in [6.45, 7) is 12.8. The Bertz CT molecular complexity index is 568. The summed E-state index contributed by atoms with van der Waals surface area (Å²) in [6.07, 6.45) is 2.27. The highest BCUT2D eigenvalue weighted by atomic mass is 16.5. The number of esters is 1. The zero-order chi connectivity index (χ0) is 20.1. The molecular weight excluding hydrogens is 340 g/mol. The second-order valence-electron chi connectivity index (χ2n) is 6.56. The number of hydrogen-bond donors (Lipinski definition) is 2. The van der Waals surface area contributed by atoms with Gasteiger partial charge in [-0.15, -0.1) is 0 Å². The van der Waals surface area contributed by atoms with Gasteiger partial charge in [0.1, 0.15) is 0 Å². The van der Waals surface area contributed by atoms with Crippen LogP contribution in [0.1, 0.15) is 56.5 Å². The lowest BCUT2D eigenvalue weighted by molar-refractivity contribution is 0.0526. The largest absolute Gasteiger partial charge is 0.462 e. The molecule has 1 atom stereocenters. The fourth-order valence-corrected chi connectivity index (χ4v) is 2.82. The Kier molecular flexibility index (Phi) is 11.2. The zero-order valence-electron chi connectivity index (χ0n) is 17.5. The number of carbonyl (C=O) groups excluding carboxylic acids is 1. The number of benzene rings is 1. The van der Waals surface area contributed by atoms with E-state index in [2.05, 4.69) is 41.3 Å². The van der Waals surface area contributed by atoms with Crippen LogP contribution in [-0.2, 0) is 11.3 Å². The highest BCUT2D eigenvalue weighted by Crippen LogP contribution is 2.06. The predicted octanol–water partition coefficient (Wildman–Crippen LogP) is 3.04. The Morgan fingerprint density at radius 3 is 2.41 bits per heavy atom. The summed E-state index contributed by atoms with van der Waals surface area (Å²) >= 11 is 0. The van der Waals surface area contributed by atoms with E-state index in [0.717, 1.165) is 37.6 Å². The lowest BCUT2D eigenvalue weighted by Gasteiger charge is -2.21. The highest BCUT2D eigenvalue weighted by Gasteiger charge is 2.08. The number of aliphatic imine (C=N–C) groups is 1. The Morgan fingerprint density at radius 2 is 1.85 bits per heavy atom. The molecule has 0 aliphatic rings. The molecule has 0 heterocycles. The number of carbonyl (C=O) groups is 1. The van der Waals surface area contributed by atoms with E-state index in [9.17, 15) is 4.79 Å². The van der Waals surface area contributed by atoms with Gasteiger partial charge in [0.05, 0.1) is 12.2 Å². The van der Waals surface area contributed by atoms with E-state index < -0.39 is 0 Å². The highest BCUT2D eigenvalue weighted by molar-refractivity contribution is 5.89. The molecule has 6 nitrogen and oxygen atoms in total. The summed E-state index contributed by atoms with van der Waals surface area (Å²) in [5, 5.41) is 6.76. The van der Waals surface area contributed by atoms with Gasteiger partial charge in [-0.2, -0.15) is 0 Å². The average molecular weight is 377 g/mol. The van der Waals surface area contributed by atoms with Gasteiger partial charge in [-0.3, -0.25) is 4.99 Å². The van der Waals surface area contributed by atoms with Crippen LogP contribution in [0.4, 0.5) is 0 Å². The molecule has 1 unspecified atom stereocenters. The Hall–Kier alpha value is -2.08. The Morgan fingerprint density at radius 1 is 1.19 bits per heavy atom. The van der Waals surface area contributed by atoms with Crippen LogP contribution < -0.4 is 10.6 Å². The summed E-state index contributed by atoms with van der Waals surface area (Å²) in [4.78, 5) is 18.4. The first kappa shape index (κ1) is 23.0. The van der Waals surface area contributed by atoms with Crippen LogP contribution in [0.3, 0.4) is 0 Å². The van der Waals surface area contributed by atoms with E-state index in [1.165, 1.54) is 6.42 Å². The van der Waals surface area contributed by atoms with Crippen LogP contribution in [0.25, 0.3) is 0 Å². The molecule has 0 bridgehead atoms. The fraction of sp³-hybridized carbons (Fsp3) is 0.619. The number of hydrogen-bond acceptors (Lipinski definition) is 4. The van der Waals surface area contributed by atoms with Gasteiger partial charge < -0.3 is 20.3 Å². The first-order valence-electron chi connectivity index (χ1n) is 9.99. The van der Waals surface area contributed by atoms with E-state index in [-0.39, 0.29) is 5.97 Å². The molecule has 0 spiro atoms. The van der Waals surface area contributed by atoms with Crippen molar-refractivity contribution in [1.29, 1.82) is 0 Å². The molecule has 0 aromatic heterocycles. The maximum absolute atomic E-state index is 11.7. The molecular formula is C21H36N4O2. The van der Waals surface area contributed by atoms with Gasteiger partial charge in [-0.1, -0.05) is 26.0 Å². The van der Waals surface area contributed by atoms with Crippen molar-refractivity contribution in [3.05, 3.63) is 35.4 Å². The van der Waals surface area contributed by atoms with Gasteiger partial charge in [0.25, 0.3) is 0 Å². The molecule has 6 heteroatoms. The molecule has 0 radical (unpaired) electrons. The van der Waals surface area contributed by atoms with E-state index in [4.69, 9.17) is 4.74 Å². The van der Waals surface area contributed by atoms with Gasteiger partial charge in [0, 0.05) is 19.6 Å². The molecule has 0 amide bonds. The number of nitrogens with one attached hydrogen (secondary N) is 2. The van der Waals surface area contributed by atoms with E-state index in [0.29, 0.717) is 24.8 Å².